The number of nitrogens with one attached hydrogen (secondary N) is 2. The second kappa shape index (κ2) is 9.90. The summed E-state index contributed by atoms with van der Waals surface area (Å²) < 4.78 is 6.39. The Morgan fingerprint density at radius 3 is 2.73 bits per heavy atom. The highest BCUT2D eigenvalue weighted by atomic mass is 79.9. The van der Waals surface area contributed by atoms with Crippen molar-refractivity contribution < 1.29 is 9.53 Å². The number of hydrogen-bond donors (Lipinski definition) is 2. The van der Waals surface area contributed by atoms with Gasteiger partial charge in [0.1, 0.15) is 5.75 Å². The molecule has 0 unspecified atom stereocenters. The van der Waals surface area contributed by atoms with E-state index in [0.717, 1.165) is 28.6 Å². The molecule has 0 radical (unpaired) electrons. The Morgan fingerprint density at radius 2 is 2.04 bits per heavy atom. The van der Waals surface area contributed by atoms with Crippen molar-refractivity contribution in [3.63, 3.8) is 0 Å². The summed E-state index contributed by atoms with van der Waals surface area (Å²) in [5, 5.41) is 6.46. The lowest BCUT2D eigenvalue weighted by atomic mass is 10.2. The first-order chi connectivity index (χ1) is 12.4. The molecule has 4 nitrogen and oxygen atoms in total. The third kappa shape index (κ3) is 5.97. The third-order valence-electron chi connectivity index (χ3n) is 3.62. The van der Waals surface area contributed by atoms with Gasteiger partial charge in [-0.15, -0.1) is 0 Å². The van der Waals surface area contributed by atoms with E-state index in [1.807, 2.05) is 13.0 Å². The summed E-state index contributed by atoms with van der Waals surface area (Å²) in [6.07, 6.45) is 2.05. The molecule has 0 saturated heterocycles. The van der Waals surface area contributed by atoms with Crippen molar-refractivity contribution in [2.45, 2.75) is 26.7 Å². The molecule has 0 aliphatic rings. The normalized spacial score (nSPS) is 10.3. The molecule has 0 saturated carbocycles. The standard InChI is InChI=1S/C19H20BrClN2O2S/c1-3-4-9-25-17-8-6-13(10-15(17)20)18(24)23-19(26)22-16-11-14(21)7-5-12(16)2/h5-8,10-11H,3-4,9H2,1-2H3,(H2,22,23,24,26). The first-order valence-electron chi connectivity index (χ1n) is 8.21. The number of aryl methyl sites for hydroxylation is 1. The molecule has 0 heterocycles. The molecule has 1 amide bonds. The van der Waals surface area contributed by atoms with Crippen molar-refractivity contribution in [2.75, 3.05) is 11.9 Å². The molecule has 138 valence electrons. The van der Waals surface area contributed by atoms with Gasteiger partial charge in [0.25, 0.3) is 5.91 Å². The van der Waals surface area contributed by atoms with E-state index in [-0.39, 0.29) is 11.0 Å². The van der Waals surface area contributed by atoms with Crippen LogP contribution in [-0.2, 0) is 0 Å². The molecule has 2 rings (SSSR count). The predicted octanol–water partition coefficient (Wildman–Crippen LogP) is 5.72. The minimum atomic E-state index is -0.303. The van der Waals surface area contributed by atoms with Gasteiger partial charge < -0.3 is 10.1 Å². The van der Waals surface area contributed by atoms with Crippen molar-refractivity contribution in [3.05, 3.63) is 57.0 Å². The summed E-state index contributed by atoms with van der Waals surface area (Å²) in [5.41, 5.74) is 2.21. The molecule has 26 heavy (non-hydrogen) atoms. The lowest BCUT2D eigenvalue weighted by molar-refractivity contribution is 0.0977. The molecule has 7 heteroatoms. The Kier molecular flexibility index (Phi) is 7.87. The molecule has 2 N–H and O–H groups in total. The van der Waals surface area contributed by atoms with Crippen molar-refractivity contribution in [2.24, 2.45) is 0 Å². The topological polar surface area (TPSA) is 50.4 Å². The lowest BCUT2D eigenvalue weighted by Gasteiger charge is -2.13. The maximum Gasteiger partial charge on any atom is 0.257 e. The van der Waals surface area contributed by atoms with Crippen LogP contribution in [0.5, 0.6) is 5.75 Å². The van der Waals surface area contributed by atoms with E-state index >= 15 is 0 Å². The SMILES string of the molecule is CCCCOc1ccc(C(=O)NC(=S)Nc2cc(Cl)ccc2C)cc1Br. The van der Waals surface area contributed by atoms with Crippen LogP contribution in [0.2, 0.25) is 5.02 Å². The molecule has 2 aromatic rings. The van der Waals surface area contributed by atoms with E-state index in [1.54, 1.807) is 30.3 Å². The number of unbranched alkanes of at least 4 members (excludes halogenated alkanes) is 1. The van der Waals surface area contributed by atoms with Gasteiger partial charge in [-0.2, -0.15) is 0 Å². The number of halogens is 2. The van der Waals surface area contributed by atoms with Crippen LogP contribution in [0.3, 0.4) is 0 Å². The summed E-state index contributed by atoms with van der Waals surface area (Å²) in [6, 6.07) is 10.6. The van der Waals surface area contributed by atoms with Gasteiger partial charge in [-0.25, -0.2) is 0 Å². The zero-order valence-corrected chi connectivity index (χ0v) is 17.7. The highest BCUT2D eigenvalue weighted by Gasteiger charge is 2.12. The molecule has 0 aliphatic heterocycles. The fourth-order valence-corrected chi connectivity index (χ4v) is 3.01. The molecular formula is C19H20BrClN2O2S. The Hall–Kier alpha value is -1.63. The van der Waals surface area contributed by atoms with Crippen molar-refractivity contribution >= 4 is 56.5 Å². The van der Waals surface area contributed by atoms with Gasteiger partial charge in [-0.05, 0) is 77.4 Å². The highest BCUT2D eigenvalue weighted by Crippen LogP contribution is 2.26. The van der Waals surface area contributed by atoms with Crippen LogP contribution in [0, 0.1) is 6.92 Å². The number of thiocarbonyl (C=S) groups is 1. The Balaban J connectivity index is 1.99. The number of ether oxygens (including phenoxy) is 1. The molecule has 0 spiro atoms. The van der Waals surface area contributed by atoms with Gasteiger partial charge in [0.15, 0.2) is 5.11 Å². The molecule has 0 atom stereocenters. The largest absolute Gasteiger partial charge is 0.492 e. The van der Waals surface area contributed by atoms with Gasteiger partial charge in [0.2, 0.25) is 0 Å². The second-order valence-corrected chi connectivity index (χ2v) is 7.41. The fourth-order valence-electron chi connectivity index (χ4n) is 2.14. The lowest BCUT2D eigenvalue weighted by Crippen LogP contribution is -2.34. The summed E-state index contributed by atoms with van der Waals surface area (Å²) in [6.45, 7) is 4.68. The Bertz CT molecular complexity index is 814. The van der Waals surface area contributed by atoms with Gasteiger partial charge in [0.05, 0.1) is 11.1 Å². The molecule has 0 aliphatic carbocycles. The van der Waals surface area contributed by atoms with Crippen LogP contribution in [0.1, 0.15) is 35.7 Å². The summed E-state index contributed by atoms with van der Waals surface area (Å²) in [5.74, 6) is 0.410. The zero-order valence-electron chi connectivity index (χ0n) is 14.6. The van der Waals surface area contributed by atoms with E-state index in [0.29, 0.717) is 22.9 Å². The number of carbonyl (C=O) groups excluding carboxylic acids is 1. The van der Waals surface area contributed by atoms with E-state index in [1.165, 1.54) is 0 Å². The highest BCUT2D eigenvalue weighted by molar-refractivity contribution is 9.10. The molecular weight excluding hydrogens is 436 g/mol. The van der Waals surface area contributed by atoms with Crippen molar-refractivity contribution in [3.8, 4) is 5.75 Å². The smallest absolute Gasteiger partial charge is 0.257 e. The molecule has 2 aromatic carbocycles. The van der Waals surface area contributed by atoms with Crippen molar-refractivity contribution in [1.29, 1.82) is 0 Å². The second-order valence-electron chi connectivity index (χ2n) is 5.71. The zero-order chi connectivity index (χ0) is 19.1. The van der Waals surface area contributed by atoms with E-state index in [9.17, 15) is 4.79 Å². The number of anilines is 1. The third-order valence-corrected chi connectivity index (χ3v) is 4.68. The monoisotopic (exact) mass is 454 g/mol. The Labute approximate surface area is 172 Å². The molecule has 0 bridgehead atoms. The quantitative estimate of drug-likeness (QED) is 0.432. The average Bonchev–Trinajstić information content (AvgIpc) is 2.59. The summed E-state index contributed by atoms with van der Waals surface area (Å²) >= 11 is 14.7. The first-order valence-corrected chi connectivity index (χ1v) is 9.79. The summed E-state index contributed by atoms with van der Waals surface area (Å²) in [4.78, 5) is 12.4. The van der Waals surface area contributed by atoms with Crippen LogP contribution in [0.4, 0.5) is 5.69 Å². The maximum atomic E-state index is 12.4. The van der Waals surface area contributed by atoms with Crippen LogP contribution >= 0.6 is 39.7 Å². The minimum absolute atomic E-state index is 0.208. The number of rotatable bonds is 6. The molecule has 0 fully saturated rings. The summed E-state index contributed by atoms with van der Waals surface area (Å²) in [7, 11) is 0. The van der Waals surface area contributed by atoms with E-state index in [4.69, 9.17) is 28.6 Å². The van der Waals surface area contributed by atoms with Gasteiger partial charge >= 0.3 is 0 Å². The van der Waals surface area contributed by atoms with Crippen LogP contribution in [-0.4, -0.2) is 17.6 Å². The average molecular weight is 456 g/mol. The number of carbonyl (C=O) groups is 1. The van der Waals surface area contributed by atoms with E-state index in [2.05, 4.69) is 33.5 Å². The van der Waals surface area contributed by atoms with Gasteiger partial charge in [-0.3, -0.25) is 10.1 Å². The number of benzene rings is 2. The fraction of sp³-hybridized carbons (Fsp3) is 0.263. The predicted molar refractivity (Wildman–Crippen MR) is 114 cm³/mol. The maximum absolute atomic E-state index is 12.4. The van der Waals surface area contributed by atoms with Crippen LogP contribution in [0.15, 0.2) is 40.9 Å². The van der Waals surface area contributed by atoms with Crippen LogP contribution in [0.25, 0.3) is 0 Å². The number of amides is 1. The van der Waals surface area contributed by atoms with Gasteiger partial charge in [0, 0.05) is 16.3 Å². The Morgan fingerprint density at radius 1 is 1.27 bits per heavy atom. The van der Waals surface area contributed by atoms with Crippen LogP contribution < -0.4 is 15.4 Å². The van der Waals surface area contributed by atoms with Gasteiger partial charge in [-0.1, -0.05) is 31.0 Å². The number of hydrogen-bond acceptors (Lipinski definition) is 3. The van der Waals surface area contributed by atoms with E-state index < -0.39 is 0 Å². The molecule has 0 aromatic heterocycles. The van der Waals surface area contributed by atoms with Crippen molar-refractivity contribution in [1.82, 2.24) is 5.32 Å². The minimum Gasteiger partial charge on any atom is -0.492 e. The first kappa shape index (κ1) is 20.7.